The molecule has 0 spiro atoms. The largest absolute Gasteiger partial charge is 0.352 e. The van der Waals surface area contributed by atoms with Crippen molar-refractivity contribution in [3.05, 3.63) is 78.5 Å². The molecule has 5 rings (SSSR count). The van der Waals surface area contributed by atoms with Crippen molar-refractivity contribution in [2.75, 3.05) is 11.9 Å². The number of benzene rings is 2. The van der Waals surface area contributed by atoms with Gasteiger partial charge in [-0.1, -0.05) is 55.5 Å². The van der Waals surface area contributed by atoms with E-state index in [4.69, 9.17) is 0 Å². The lowest BCUT2D eigenvalue weighted by Gasteiger charge is -2.16. The van der Waals surface area contributed by atoms with Crippen molar-refractivity contribution in [1.29, 1.82) is 0 Å². The van der Waals surface area contributed by atoms with Crippen LogP contribution in [0.3, 0.4) is 0 Å². The van der Waals surface area contributed by atoms with E-state index in [2.05, 4.69) is 55.6 Å². The van der Waals surface area contributed by atoms with Crippen LogP contribution >= 0.6 is 0 Å². The lowest BCUT2D eigenvalue weighted by Crippen LogP contribution is -2.13. The fraction of sp³-hybridized carbons (Fsp3) is 0.130. The smallest absolute Gasteiger partial charge is 0.244 e. The molecule has 29 heavy (non-hydrogen) atoms. The van der Waals surface area contributed by atoms with Crippen molar-refractivity contribution in [3.63, 3.8) is 0 Å². The van der Waals surface area contributed by atoms with E-state index in [9.17, 15) is 0 Å². The Labute approximate surface area is 168 Å². The third-order valence-corrected chi connectivity index (χ3v) is 5.12. The molecule has 3 heterocycles. The zero-order valence-corrected chi connectivity index (χ0v) is 16.0. The maximum absolute atomic E-state index is 4.61. The van der Waals surface area contributed by atoms with E-state index >= 15 is 0 Å². The third kappa shape index (κ3) is 3.29. The molecule has 2 N–H and O–H groups in total. The van der Waals surface area contributed by atoms with Crippen LogP contribution in [0.2, 0.25) is 0 Å². The molecular formula is C23H20N6. The van der Waals surface area contributed by atoms with Crippen LogP contribution in [-0.2, 0) is 0 Å². The van der Waals surface area contributed by atoms with Gasteiger partial charge in [-0.3, -0.25) is 4.98 Å². The van der Waals surface area contributed by atoms with Gasteiger partial charge in [-0.15, -0.1) is 10.2 Å². The van der Waals surface area contributed by atoms with Crippen LogP contribution in [-0.4, -0.2) is 31.7 Å². The van der Waals surface area contributed by atoms with Crippen LogP contribution in [0.1, 0.15) is 18.4 Å². The first kappa shape index (κ1) is 17.3. The number of nitrogens with one attached hydrogen (secondary N) is 2. The van der Waals surface area contributed by atoms with Gasteiger partial charge in [0.2, 0.25) is 5.95 Å². The summed E-state index contributed by atoms with van der Waals surface area (Å²) in [5, 5.41) is 13.0. The first-order valence-electron chi connectivity index (χ1n) is 9.65. The molecule has 0 aliphatic rings. The molecule has 6 heteroatoms. The Morgan fingerprint density at radius 2 is 1.76 bits per heavy atom. The van der Waals surface area contributed by atoms with Gasteiger partial charge in [0.05, 0.1) is 5.69 Å². The van der Waals surface area contributed by atoms with Crippen LogP contribution in [0.5, 0.6) is 0 Å². The van der Waals surface area contributed by atoms with Gasteiger partial charge in [-0.05, 0) is 29.7 Å². The summed E-state index contributed by atoms with van der Waals surface area (Å²) in [4.78, 5) is 12.4. The molecular weight excluding hydrogens is 360 g/mol. The Bertz CT molecular complexity index is 1280. The topological polar surface area (TPSA) is 79.4 Å². The third-order valence-electron chi connectivity index (χ3n) is 5.12. The average Bonchev–Trinajstić information content (AvgIpc) is 3.16. The maximum atomic E-state index is 4.61. The van der Waals surface area contributed by atoms with Crippen molar-refractivity contribution in [3.8, 4) is 11.3 Å². The second kappa shape index (κ2) is 7.31. The Balaban J connectivity index is 1.38. The van der Waals surface area contributed by atoms with Crippen LogP contribution in [0.15, 0.2) is 72.9 Å². The fourth-order valence-electron chi connectivity index (χ4n) is 3.63. The van der Waals surface area contributed by atoms with E-state index < -0.39 is 0 Å². The minimum Gasteiger partial charge on any atom is -0.352 e. The minimum atomic E-state index is 0.246. The van der Waals surface area contributed by atoms with E-state index in [1.807, 2.05) is 54.7 Å². The molecule has 0 fully saturated rings. The highest BCUT2D eigenvalue weighted by molar-refractivity contribution is 6.03. The highest BCUT2D eigenvalue weighted by Gasteiger charge is 2.14. The molecule has 0 aliphatic heterocycles. The molecule has 2 aromatic carbocycles. The normalized spacial score (nSPS) is 12.3. The van der Waals surface area contributed by atoms with E-state index in [1.54, 1.807) is 0 Å². The minimum absolute atomic E-state index is 0.246. The molecule has 0 aliphatic carbocycles. The first-order chi connectivity index (χ1) is 14.3. The highest BCUT2D eigenvalue weighted by atomic mass is 15.2. The van der Waals surface area contributed by atoms with Gasteiger partial charge in [-0.2, -0.15) is 4.98 Å². The number of H-pyrrole nitrogens is 1. The van der Waals surface area contributed by atoms with Gasteiger partial charge in [0, 0.05) is 29.2 Å². The molecule has 0 radical (unpaired) electrons. The van der Waals surface area contributed by atoms with E-state index in [0.29, 0.717) is 12.5 Å². The second-order valence-corrected chi connectivity index (χ2v) is 7.09. The summed E-state index contributed by atoms with van der Waals surface area (Å²) < 4.78 is 0. The number of pyridine rings is 1. The van der Waals surface area contributed by atoms with Crippen molar-refractivity contribution >= 4 is 28.0 Å². The van der Waals surface area contributed by atoms with Gasteiger partial charge in [-0.25, -0.2) is 0 Å². The van der Waals surface area contributed by atoms with Gasteiger partial charge in [0.1, 0.15) is 5.52 Å². The monoisotopic (exact) mass is 380 g/mol. The number of nitrogens with zero attached hydrogens (tertiary/aromatic N) is 4. The van der Waals surface area contributed by atoms with Crippen LogP contribution in [0.25, 0.3) is 33.3 Å². The second-order valence-electron chi connectivity index (χ2n) is 7.09. The molecule has 6 nitrogen and oxygen atoms in total. The van der Waals surface area contributed by atoms with E-state index in [1.165, 1.54) is 5.56 Å². The summed E-state index contributed by atoms with van der Waals surface area (Å²) in [6.45, 7) is 2.88. The summed E-state index contributed by atoms with van der Waals surface area (Å²) in [7, 11) is 0. The fourth-order valence-corrected chi connectivity index (χ4v) is 3.63. The number of hydrogen-bond donors (Lipinski definition) is 2. The number of rotatable bonds is 5. The SMILES string of the molecule is CC(CNc1nnc2c(n1)[nH]c1ccccc12)c1ccccc1-c1ccccn1. The zero-order valence-electron chi connectivity index (χ0n) is 16.0. The number of anilines is 1. The quantitative estimate of drug-likeness (QED) is 0.458. The molecule has 0 bridgehead atoms. The molecule has 1 unspecified atom stereocenters. The zero-order chi connectivity index (χ0) is 19.6. The number of fused-ring (bicyclic) bond motifs is 3. The van der Waals surface area contributed by atoms with Crippen molar-refractivity contribution in [2.45, 2.75) is 12.8 Å². The van der Waals surface area contributed by atoms with Gasteiger partial charge in [0.15, 0.2) is 5.65 Å². The summed E-state index contributed by atoms with van der Waals surface area (Å²) in [5.74, 6) is 0.765. The lowest BCUT2D eigenvalue weighted by atomic mass is 9.93. The summed E-state index contributed by atoms with van der Waals surface area (Å²) in [6, 6.07) is 22.4. The molecule has 1 atom stereocenters. The lowest BCUT2D eigenvalue weighted by molar-refractivity contribution is 0.794. The van der Waals surface area contributed by atoms with E-state index in [-0.39, 0.29) is 5.92 Å². The van der Waals surface area contributed by atoms with Gasteiger partial charge < -0.3 is 10.3 Å². The molecule has 3 aromatic heterocycles. The van der Waals surface area contributed by atoms with Crippen molar-refractivity contribution < 1.29 is 0 Å². The van der Waals surface area contributed by atoms with Crippen LogP contribution < -0.4 is 5.32 Å². The summed E-state index contributed by atoms with van der Waals surface area (Å²) in [5.41, 5.74) is 5.90. The van der Waals surface area contributed by atoms with Crippen molar-refractivity contribution in [1.82, 2.24) is 25.1 Å². The van der Waals surface area contributed by atoms with Crippen LogP contribution in [0.4, 0.5) is 5.95 Å². The standard InChI is InChI=1S/C23H20N6/c1-15(16-8-2-3-9-17(16)19-11-6-7-13-24-19)14-25-23-27-22-21(28-29-23)18-10-4-5-12-20(18)26-22/h2-13,15H,14H2,1H3,(H2,25,26,27,29). The first-order valence-corrected chi connectivity index (χ1v) is 9.65. The van der Waals surface area contributed by atoms with Crippen molar-refractivity contribution in [2.24, 2.45) is 0 Å². The van der Waals surface area contributed by atoms with E-state index in [0.717, 1.165) is 33.3 Å². The number of hydrogen-bond acceptors (Lipinski definition) is 5. The summed E-state index contributed by atoms with van der Waals surface area (Å²) >= 11 is 0. The molecule has 142 valence electrons. The molecule has 0 saturated heterocycles. The summed E-state index contributed by atoms with van der Waals surface area (Å²) in [6.07, 6.45) is 1.82. The predicted molar refractivity (Wildman–Crippen MR) is 116 cm³/mol. The Morgan fingerprint density at radius 3 is 2.66 bits per heavy atom. The Hall–Kier alpha value is -3.80. The highest BCUT2D eigenvalue weighted by Crippen LogP contribution is 2.28. The average molecular weight is 380 g/mol. The Kier molecular flexibility index (Phi) is 4.37. The predicted octanol–water partition coefficient (Wildman–Crippen LogP) is 4.78. The Morgan fingerprint density at radius 1 is 0.931 bits per heavy atom. The molecule has 5 aromatic rings. The number of aromatic amines is 1. The van der Waals surface area contributed by atoms with Gasteiger partial charge in [0.25, 0.3) is 0 Å². The van der Waals surface area contributed by atoms with Gasteiger partial charge >= 0.3 is 0 Å². The number of para-hydroxylation sites is 1. The maximum Gasteiger partial charge on any atom is 0.244 e. The number of aromatic nitrogens is 5. The molecule has 0 amide bonds. The molecule has 0 saturated carbocycles. The van der Waals surface area contributed by atoms with Crippen LogP contribution in [0, 0.1) is 0 Å².